The maximum absolute atomic E-state index is 14.2. The van der Waals surface area contributed by atoms with Gasteiger partial charge in [0.15, 0.2) is 0 Å². The summed E-state index contributed by atoms with van der Waals surface area (Å²) in [5.41, 5.74) is 7.75. The molecule has 1 amide bonds. The van der Waals surface area contributed by atoms with Crippen molar-refractivity contribution in [3.8, 4) is 0 Å². The van der Waals surface area contributed by atoms with E-state index in [-0.39, 0.29) is 11.3 Å². The quantitative estimate of drug-likeness (QED) is 0.469. The Labute approximate surface area is 228 Å². The molecule has 0 bridgehead atoms. The summed E-state index contributed by atoms with van der Waals surface area (Å²) in [7, 11) is 2.20. The van der Waals surface area contributed by atoms with Gasteiger partial charge < -0.3 is 15.0 Å². The van der Waals surface area contributed by atoms with Crippen LogP contribution in [-0.2, 0) is 9.53 Å². The van der Waals surface area contributed by atoms with Crippen molar-refractivity contribution in [2.75, 3.05) is 46.6 Å². The predicted octanol–water partition coefficient (Wildman–Crippen LogP) is 1.97. The summed E-state index contributed by atoms with van der Waals surface area (Å²) in [5.74, 6) is 2.73. The van der Waals surface area contributed by atoms with Crippen molar-refractivity contribution >= 4 is 5.91 Å². The molecule has 3 aliphatic carbocycles. The zero-order chi connectivity index (χ0) is 25.6. The minimum absolute atomic E-state index is 0.245. The molecule has 5 heterocycles. The zero-order valence-corrected chi connectivity index (χ0v) is 23.7. The van der Waals surface area contributed by atoms with Crippen LogP contribution in [0, 0.1) is 34.5 Å². The van der Waals surface area contributed by atoms with E-state index in [4.69, 9.17) is 4.74 Å². The third kappa shape index (κ3) is 4.11. The number of carbonyl (C=O) groups excluding carboxylic acids is 1. The Morgan fingerprint density at radius 3 is 2.58 bits per heavy atom. The van der Waals surface area contributed by atoms with Crippen LogP contribution in [0.4, 0.5) is 0 Å². The van der Waals surface area contributed by atoms with Crippen LogP contribution in [0.1, 0.15) is 71.1 Å². The topological polar surface area (TPSA) is 72.1 Å². The Hall–Kier alpha value is -0.770. The van der Waals surface area contributed by atoms with E-state index in [1.807, 2.05) is 0 Å². The second kappa shape index (κ2) is 9.12. The minimum atomic E-state index is 0.245. The van der Waals surface area contributed by atoms with Crippen LogP contribution >= 0.6 is 0 Å². The van der Waals surface area contributed by atoms with Crippen molar-refractivity contribution < 1.29 is 9.53 Å². The summed E-state index contributed by atoms with van der Waals surface area (Å²) >= 11 is 0. The van der Waals surface area contributed by atoms with Gasteiger partial charge in [0, 0.05) is 61.1 Å². The predicted molar refractivity (Wildman–Crippen MR) is 146 cm³/mol. The van der Waals surface area contributed by atoms with E-state index in [0.717, 1.165) is 45.2 Å². The molecule has 8 nitrogen and oxygen atoms in total. The number of hydrogen-bond donors (Lipinski definition) is 3. The van der Waals surface area contributed by atoms with Crippen LogP contribution in [0.3, 0.4) is 0 Å². The Kier molecular flexibility index (Phi) is 5.99. The van der Waals surface area contributed by atoms with Gasteiger partial charge in [0.1, 0.15) is 0 Å². The highest BCUT2D eigenvalue weighted by Gasteiger charge is 2.58. The van der Waals surface area contributed by atoms with Crippen molar-refractivity contribution in [2.24, 2.45) is 34.5 Å². The number of hydrogen-bond acceptors (Lipinski definition) is 7. The number of nitrogens with one attached hydrogen (secondary N) is 3. The van der Waals surface area contributed by atoms with Gasteiger partial charge in [0.25, 0.3) is 0 Å². The van der Waals surface area contributed by atoms with E-state index in [2.05, 4.69) is 44.8 Å². The first-order valence-electron chi connectivity index (χ1n) is 16.0. The third-order valence-electron chi connectivity index (χ3n) is 12.7. The lowest BCUT2D eigenvalue weighted by Crippen LogP contribution is -2.63. The Bertz CT molecular complexity index is 926. The van der Waals surface area contributed by atoms with Gasteiger partial charge in [-0.25, -0.2) is 10.9 Å². The molecule has 8 atom stereocenters. The number of hydrazine groups is 1. The van der Waals surface area contributed by atoms with Gasteiger partial charge in [-0.15, -0.1) is 0 Å². The lowest BCUT2D eigenvalue weighted by Gasteiger charge is -2.52. The molecule has 5 saturated heterocycles. The summed E-state index contributed by atoms with van der Waals surface area (Å²) in [6.45, 7) is 8.71. The van der Waals surface area contributed by atoms with Gasteiger partial charge >= 0.3 is 0 Å². The molecule has 0 radical (unpaired) electrons. The van der Waals surface area contributed by atoms with E-state index in [9.17, 15) is 4.79 Å². The van der Waals surface area contributed by atoms with Crippen LogP contribution in [0.25, 0.3) is 0 Å². The second-order valence-corrected chi connectivity index (χ2v) is 15.1. The normalized spacial score (nSPS) is 45.1. The summed E-state index contributed by atoms with van der Waals surface area (Å²) in [6.07, 6.45) is 13.1. The van der Waals surface area contributed by atoms with E-state index in [1.165, 1.54) is 64.5 Å². The molecule has 8 rings (SSSR count). The minimum Gasteiger partial charge on any atom is -0.380 e. The largest absolute Gasteiger partial charge is 0.380 e. The lowest BCUT2D eigenvalue weighted by atomic mass is 9.64. The first kappa shape index (κ1) is 25.0. The van der Waals surface area contributed by atoms with Crippen LogP contribution in [0.5, 0.6) is 0 Å². The number of likely N-dealkylation sites (tertiary alicyclic amines) is 2. The van der Waals surface area contributed by atoms with E-state index < -0.39 is 0 Å². The molecule has 8 heteroatoms. The third-order valence-corrected chi connectivity index (χ3v) is 12.7. The fourth-order valence-electron chi connectivity index (χ4n) is 9.64. The van der Waals surface area contributed by atoms with Crippen LogP contribution < -0.4 is 16.2 Å². The molecule has 38 heavy (non-hydrogen) atoms. The smallest absolute Gasteiger partial charge is 0.226 e. The highest BCUT2D eigenvalue weighted by atomic mass is 16.5. The molecule has 8 aliphatic rings. The molecule has 1 spiro atoms. The lowest BCUT2D eigenvalue weighted by molar-refractivity contribution is -0.169. The molecule has 3 N–H and O–H groups in total. The van der Waals surface area contributed by atoms with Crippen molar-refractivity contribution in [3.05, 3.63) is 0 Å². The molecule has 0 aromatic rings. The summed E-state index contributed by atoms with van der Waals surface area (Å²) < 4.78 is 5.87. The number of fused-ring (bicyclic) bond motifs is 1. The molecule has 3 saturated carbocycles. The number of carbonyl (C=O) groups is 1. The van der Waals surface area contributed by atoms with Crippen LogP contribution in [0.15, 0.2) is 0 Å². The highest BCUT2D eigenvalue weighted by molar-refractivity contribution is 5.82. The van der Waals surface area contributed by atoms with Crippen molar-refractivity contribution in [1.82, 2.24) is 30.9 Å². The highest BCUT2D eigenvalue weighted by Crippen LogP contribution is 2.54. The Morgan fingerprint density at radius 1 is 1.11 bits per heavy atom. The monoisotopic (exact) mass is 526 g/mol. The Morgan fingerprint density at radius 2 is 1.92 bits per heavy atom. The number of amides is 1. The van der Waals surface area contributed by atoms with Crippen LogP contribution in [-0.4, -0.2) is 97.5 Å². The van der Waals surface area contributed by atoms with Gasteiger partial charge in [-0.05, 0) is 89.0 Å². The number of nitrogens with zero attached hydrogens (tertiary/aromatic N) is 3. The molecular formula is C30H50N6O2. The zero-order valence-electron chi connectivity index (χ0n) is 23.7. The maximum Gasteiger partial charge on any atom is 0.226 e. The van der Waals surface area contributed by atoms with Crippen molar-refractivity contribution in [1.29, 1.82) is 0 Å². The molecule has 0 aromatic heterocycles. The van der Waals surface area contributed by atoms with Gasteiger partial charge in [0.05, 0.1) is 26.0 Å². The standard InChI is InChI=1S/C30H50N6O2/c1-19(35-14-29(15-35)8-9-29)25-11-23-24(27(32-25)20-6-7-20)13-36(28(23)37)22-5-3-4-21(10-22)30(16-38-17-30)12-26-33-31-18-34(26)2/h19-27,31-33H,3-18H2,1-2H3. The van der Waals surface area contributed by atoms with Crippen molar-refractivity contribution in [2.45, 2.75) is 101 Å². The molecule has 5 aliphatic heterocycles. The fourth-order valence-corrected chi connectivity index (χ4v) is 9.64. The first-order chi connectivity index (χ1) is 18.4. The second-order valence-electron chi connectivity index (χ2n) is 15.1. The SMILES string of the molecule is CC(C1CC2C(=O)N(C3CCCC(C4(CC5NNCN5C)COC4)C3)CC2C(C2CC2)N1)N1CC2(CC2)C1. The van der Waals surface area contributed by atoms with E-state index >= 15 is 0 Å². The molecule has 8 fully saturated rings. The van der Waals surface area contributed by atoms with E-state index in [0.29, 0.717) is 53.5 Å². The van der Waals surface area contributed by atoms with Crippen molar-refractivity contribution in [3.63, 3.8) is 0 Å². The number of ether oxygens (including phenoxy) is 1. The molecule has 0 aromatic carbocycles. The summed E-state index contributed by atoms with van der Waals surface area (Å²) in [6, 6.07) is 2.01. The van der Waals surface area contributed by atoms with Gasteiger partial charge in [-0.1, -0.05) is 6.42 Å². The number of rotatable bonds is 7. The molecule has 212 valence electrons. The van der Waals surface area contributed by atoms with E-state index in [1.54, 1.807) is 0 Å². The summed E-state index contributed by atoms with van der Waals surface area (Å²) in [4.78, 5) is 21.7. The average molecular weight is 527 g/mol. The first-order valence-corrected chi connectivity index (χ1v) is 16.0. The number of piperidine rings is 1. The van der Waals surface area contributed by atoms with Gasteiger partial charge in [-0.2, -0.15) is 0 Å². The van der Waals surface area contributed by atoms with Gasteiger partial charge in [-0.3, -0.25) is 14.6 Å². The molecule has 8 unspecified atom stereocenters. The maximum atomic E-state index is 14.2. The fraction of sp³-hybridized carbons (Fsp3) is 0.967. The molecular weight excluding hydrogens is 476 g/mol. The van der Waals surface area contributed by atoms with Gasteiger partial charge in [0.2, 0.25) is 5.91 Å². The Balaban J connectivity index is 0.960. The van der Waals surface area contributed by atoms with Crippen LogP contribution in [0.2, 0.25) is 0 Å². The average Bonchev–Trinajstić information content (AvgIpc) is 3.80. The summed E-state index contributed by atoms with van der Waals surface area (Å²) in [5, 5.41) is 4.17.